The predicted octanol–water partition coefficient (Wildman–Crippen LogP) is 8.32. The molecule has 0 radical (unpaired) electrons. The topological polar surface area (TPSA) is 26.3 Å². The summed E-state index contributed by atoms with van der Waals surface area (Å²) in [5, 5.41) is 0. The van der Waals surface area contributed by atoms with Crippen LogP contribution < -0.4 is 4.74 Å². The maximum Gasteiger partial charge on any atom is 0.453 e. The van der Waals surface area contributed by atoms with E-state index in [9.17, 15) is 26.7 Å². The van der Waals surface area contributed by atoms with Crippen molar-refractivity contribution in [3.05, 3.63) is 65.7 Å². The van der Waals surface area contributed by atoms with Gasteiger partial charge in [0.05, 0.1) is 12.2 Å². The average molecular weight is 503 g/mol. The van der Waals surface area contributed by atoms with Crippen molar-refractivity contribution in [2.24, 2.45) is 0 Å². The molecule has 0 aliphatic rings. The minimum absolute atomic E-state index is 0.0248. The van der Waals surface area contributed by atoms with Crippen LogP contribution in [-0.4, -0.2) is 36.0 Å². The first-order valence-corrected chi connectivity index (χ1v) is 12.7. The Morgan fingerprint density at radius 1 is 0.882 bits per heavy atom. The minimum Gasteiger partial charge on any atom is -0.493 e. The summed E-state index contributed by atoms with van der Waals surface area (Å²) in [5.74, 6) is -3.29. The zero-order valence-electron chi connectivity index (χ0n) is 19.3. The van der Waals surface area contributed by atoms with E-state index in [4.69, 9.17) is 4.74 Å². The predicted molar refractivity (Wildman–Crippen MR) is 127 cm³/mol. The van der Waals surface area contributed by atoms with Gasteiger partial charge in [-0.05, 0) is 61.3 Å². The van der Waals surface area contributed by atoms with E-state index in [1.807, 2.05) is 49.4 Å². The van der Waals surface area contributed by atoms with Crippen LogP contribution in [0.25, 0.3) is 0 Å². The molecule has 188 valence electrons. The molecule has 8 heteroatoms. The molecule has 0 aliphatic heterocycles. The highest BCUT2D eigenvalue weighted by Gasteiger charge is 2.56. The quantitative estimate of drug-likeness (QED) is 0.139. The lowest BCUT2D eigenvalue weighted by molar-refractivity contribution is -0.284. The number of para-hydroxylation sites is 1. The Hall–Kier alpha value is -2.09. The number of halogens is 5. The molecule has 0 N–H and O–H groups in total. The maximum atomic E-state index is 13.2. The fourth-order valence-electron chi connectivity index (χ4n) is 3.55. The van der Waals surface area contributed by atoms with E-state index in [-0.39, 0.29) is 23.9 Å². The van der Waals surface area contributed by atoms with Crippen molar-refractivity contribution in [3.63, 3.8) is 0 Å². The number of thioether (sulfide) groups is 1. The number of unbranched alkanes of at least 4 members (excludes halogenated alkanes) is 2. The first kappa shape index (κ1) is 28.1. The summed E-state index contributed by atoms with van der Waals surface area (Å²) in [6.07, 6.45) is -3.72. The van der Waals surface area contributed by atoms with Gasteiger partial charge in [0.1, 0.15) is 5.75 Å². The van der Waals surface area contributed by atoms with Crippen molar-refractivity contribution < 1.29 is 31.5 Å². The molecule has 0 aromatic heterocycles. The highest BCUT2D eigenvalue weighted by molar-refractivity contribution is 7.99. The maximum absolute atomic E-state index is 13.2. The van der Waals surface area contributed by atoms with Gasteiger partial charge < -0.3 is 4.74 Å². The first-order chi connectivity index (χ1) is 16.2. The second kappa shape index (κ2) is 13.7. The molecule has 2 aromatic rings. The Morgan fingerprint density at radius 2 is 1.53 bits per heavy atom. The molecule has 2 aromatic carbocycles. The van der Waals surface area contributed by atoms with Gasteiger partial charge in [-0.2, -0.15) is 33.7 Å². The molecule has 0 aliphatic carbocycles. The lowest BCUT2D eigenvalue weighted by Gasteiger charge is -2.19. The number of carbonyl (C=O) groups excluding carboxylic acids is 1. The Labute approximate surface area is 202 Å². The Balaban J connectivity index is 1.70. The van der Waals surface area contributed by atoms with Crippen LogP contribution in [0.15, 0.2) is 54.6 Å². The van der Waals surface area contributed by atoms with Crippen molar-refractivity contribution in [1.82, 2.24) is 0 Å². The van der Waals surface area contributed by atoms with Crippen LogP contribution in [0, 0.1) is 0 Å². The highest BCUT2D eigenvalue weighted by Crippen LogP contribution is 2.39. The molecule has 2 nitrogen and oxygen atoms in total. The van der Waals surface area contributed by atoms with E-state index < -0.39 is 18.5 Å². The van der Waals surface area contributed by atoms with Crippen LogP contribution in [0.2, 0.25) is 0 Å². The molecule has 0 saturated heterocycles. The number of alkyl halides is 5. The highest BCUT2D eigenvalue weighted by atomic mass is 32.2. The van der Waals surface area contributed by atoms with Crippen LogP contribution >= 0.6 is 11.8 Å². The number of ketones is 1. The first-order valence-electron chi connectivity index (χ1n) is 11.5. The van der Waals surface area contributed by atoms with E-state index in [2.05, 4.69) is 0 Å². The Morgan fingerprint density at radius 3 is 2.21 bits per heavy atom. The number of hydrogen-bond donors (Lipinski definition) is 0. The van der Waals surface area contributed by atoms with Gasteiger partial charge in [0.25, 0.3) is 0 Å². The normalized spacial score (nSPS) is 13.0. The van der Waals surface area contributed by atoms with Gasteiger partial charge in [0, 0.05) is 12.3 Å². The summed E-state index contributed by atoms with van der Waals surface area (Å²) >= 11 is 1.38. The summed E-state index contributed by atoms with van der Waals surface area (Å²) in [7, 11) is 0. The van der Waals surface area contributed by atoms with Crippen molar-refractivity contribution >= 4 is 17.5 Å². The Kier molecular flexibility index (Phi) is 11.4. The van der Waals surface area contributed by atoms with Gasteiger partial charge in [-0.1, -0.05) is 49.4 Å². The molecular weight excluding hydrogens is 471 g/mol. The number of rotatable bonds is 15. The number of Topliss-reactive ketones (excluding diaryl/α,β-unsaturated/α-hetero) is 1. The number of carbonyl (C=O) groups is 1. The molecule has 0 saturated carbocycles. The van der Waals surface area contributed by atoms with Gasteiger partial charge in [0.15, 0.2) is 5.78 Å². The largest absolute Gasteiger partial charge is 0.493 e. The Bertz CT molecular complexity index is 871. The molecule has 0 heterocycles. The van der Waals surface area contributed by atoms with E-state index in [1.54, 1.807) is 12.1 Å². The SMILES string of the molecule is CCC(C(=O)c1ccccc1OCCCCCSCCCC(F)(F)C(F)(F)F)c1ccccc1. The standard InChI is InChI=1S/C26H31F5O2S/c1-2-21(20-12-5-3-6-13-20)24(32)22-14-7-8-15-23(22)33-17-9-4-10-18-34-19-11-16-25(27,28)26(29,30)31/h3,5-8,12-15,21H,2,4,9-11,16-19H2,1H3. The summed E-state index contributed by atoms with van der Waals surface area (Å²) in [5.41, 5.74) is 1.54. The monoisotopic (exact) mass is 502 g/mol. The van der Waals surface area contributed by atoms with Crippen LogP contribution in [-0.2, 0) is 0 Å². The van der Waals surface area contributed by atoms with E-state index in [0.29, 0.717) is 30.1 Å². The molecule has 0 fully saturated rings. The summed E-state index contributed by atoms with van der Waals surface area (Å²) in [6, 6.07) is 16.9. The lowest BCUT2D eigenvalue weighted by Crippen LogP contribution is -2.36. The third kappa shape index (κ3) is 8.60. The lowest BCUT2D eigenvalue weighted by atomic mass is 9.88. The van der Waals surface area contributed by atoms with Gasteiger partial charge >= 0.3 is 12.1 Å². The summed E-state index contributed by atoms with van der Waals surface area (Å²) < 4.78 is 67.9. The van der Waals surface area contributed by atoms with E-state index in [0.717, 1.165) is 24.8 Å². The van der Waals surface area contributed by atoms with Gasteiger partial charge in [-0.25, -0.2) is 0 Å². The van der Waals surface area contributed by atoms with E-state index in [1.165, 1.54) is 11.8 Å². The van der Waals surface area contributed by atoms with Crippen LogP contribution in [0.1, 0.15) is 67.3 Å². The van der Waals surface area contributed by atoms with Crippen LogP contribution in [0.4, 0.5) is 22.0 Å². The number of benzene rings is 2. The van der Waals surface area contributed by atoms with Crippen molar-refractivity contribution in [2.45, 2.75) is 63.5 Å². The van der Waals surface area contributed by atoms with Crippen LogP contribution in [0.5, 0.6) is 5.75 Å². The van der Waals surface area contributed by atoms with Crippen molar-refractivity contribution in [2.75, 3.05) is 18.1 Å². The zero-order valence-corrected chi connectivity index (χ0v) is 20.1. The molecule has 0 spiro atoms. The third-order valence-electron chi connectivity index (χ3n) is 5.46. The minimum atomic E-state index is -5.47. The van der Waals surface area contributed by atoms with Gasteiger partial charge in [-0.15, -0.1) is 0 Å². The molecule has 1 atom stereocenters. The zero-order chi connectivity index (χ0) is 25.0. The molecule has 2 rings (SSSR count). The molecule has 0 amide bonds. The third-order valence-corrected chi connectivity index (χ3v) is 6.62. The van der Waals surface area contributed by atoms with Gasteiger partial charge in [0.2, 0.25) is 0 Å². The summed E-state index contributed by atoms with van der Waals surface area (Å²) in [6.45, 7) is 2.42. The van der Waals surface area contributed by atoms with Crippen molar-refractivity contribution in [3.8, 4) is 5.75 Å². The second-order valence-electron chi connectivity index (χ2n) is 8.06. The fourth-order valence-corrected chi connectivity index (χ4v) is 4.51. The average Bonchev–Trinajstić information content (AvgIpc) is 2.81. The van der Waals surface area contributed by atoms with E-state index >= 15 is 0 Å². The molecule has 34 heavy (non-hydrogen) atoms. The van der Waals surface area contributed by atoms with Crippen molar-refractivity contribution in [1.29, 1.82) is 0 Å². The van der Waals surface area contributed by atoms with Crippen LogP contribution in [0.3, 0.4) is 0 Å². The molecule has 0 bridgehead atoms. The smallest absolute Gasteiger partial charge is 0.453 e. The fraction of sp³-hybridized carbons (Fsp3) is 0.500. The molecule has 1 unspecified atom stereocenters. The summed E-state index contributed by atoms with van der Waals surface area (Å²) in [4.78, 5) is 13.2. The molecular formula is C26H31F5O2S. The van der Waals surface area contributed by atoms with Gasteiger partial charge in [-0.3, -0.25) is 4.79 Å². The number of ether oxygens (including phenoxy) is 1. The number of hydrogen-bond acceptors (Lipinski definition) is 3. The second-order valence-corrected chi connectivity index (χ2v) is 9.28.